The van der Waals surface area contributed by atoms with Crippen LogP contribution in [0.4, 0.5) is 0 Å². The summed E-state index contributed by atoms with van der Waals surface area (Å²) in [5.41, 5.74) is -0.889. The number of aromatic amines is 1. The van der Waals surface area contributed by atoms with E-state index in [0.717, 1.165) is 4.57 Å². The molecule has 1 aliphatic rings. The molecule has 3 N–H and O–H groups in total. The number of nitrogens with one attached hydrogen (secondary N) is 1. The third kappa shape index (κ3) is 2.43. The molecule has 0 radical (unpaired) electrons. The molecule has 2 rings (SSSR count). The highest BCUT2D eigenvalue weighted by Gasteiger charge is 2.41. The Labute approximate surface area is 112 Å². The normalized spacial score (nSPS) is 35.3. The zero-order chi connectivity index (χ0) is 15.1. The lowest BCUT2D eigenvalue weighted by atomic mass is 10.2. The van der Waals surface area contributed by atoms with Crippen LogP contribution in [0.5, 0.6) is 0 Å². The molecule has 19 heavy (non-hydrogen) atoms. The van der Waals surface area contributed by atoms with Crippen LogP contribution in [0, 0.1) is 0 Å². The van der Waals surface area contributed by atoms with Crippen molar-refractivity contribution in [2.75, 3.05) is 6.61 Å². The van der Waals surface area contributed by atoms with Gasteiger partial charge in [-0.25, -0.2) is 4.79 Å². The number of hydrogen-bond acceptors (Lipinski definition) is 5. The van der Waals surface area contributed by atoms with Gasteiger partial charge in [0, 0.05) is 19.6 Å². The van der Waals surface area contributed by atoms with Crippen LogP contribution in [-0.4, -0.2) is 41.9 Å². The molecule has 1 aromatic rings. The number of aryl methyl sites for hydroxylation is 1. The SMILES string of the molecule is [2H][C@@]1(CO)[C@@H](O)C[C@H](n2cc(CC)c(=O)[nH]c2=O)S1=O. The Bertz CT molecular complexity index is 657. The largest absolute Gasteiger partial charge is 0.395 e. The van der Waals surface area contributed by atoms with Crippen molar-refractivity contribution >= 4 is 10.8 Å². The molecule has 0 bridgehead atoms. The Kier molecular flexibility index (Phi) is 3.63. The van der Waals surface area contributed by atoms with Gasteiger partial charge < -0.3 is 10.2 Å². The highest BCUT2D eigenvalue weighted by Crippen LogP contribution is 2.31. The summed E-state index contributed by atoms with van der Waals surface area (Å²) in [6.07, 6.45) is 0.303. The van der Waals surface area contributed by atoms with Crippen molar-refractivity contribution in [1.29, 1.82) is 0 Å². The Morgan fingerprint density at radius 1 is 1.63 bits per heavy atom. The number of rotatable bonds is 3. The minimum Gasteiger partial charge on any atom is -0.395 e. The molecule has 1 fully saturated rings. The van der Waals surface area contributed by atoms with Crippen LogP contribution in [0.1, 0.15) is 25.7 Å². The number of nitrogens with zero attached hydrogens (tertiary/aromatic N) is 1. The monoisotopic (exact) mass is 289 g/mol. The second-order valence-electron chi connectivity index (χ2n) is 4.30. The lowest BCUT2D eigenvalue weighted by Gasteiger charge is -2.13. The average molecular weight is 289 g/mol. The molecule has 1 aromatic heterocycles. The molecule has 0 aliphatic carbocycles. The maximum Gasteiger partial charge on any atom is 0.329 e. The molecule has 0 amide bonds. The van der Waals surface area contributed by atoms with Gasteiger partial charge in [0.05, 0.1) is 28.7 Å². The van der Waals surface area contributed by atoms with Gasteiger partial charge >= 0.3 is 5.69 Å². The third-order valence-electron chi connectivity index (χ3n) is 3.19. The van der Waals surface area contributed by atoms with E-state index in [1.165, 1.54) is 6.20 Å². The second kappa shape index (κ2) is 5.40. The summed E-state index contributed by atoms with van der Waals surface area (Å²) in [4.78, 5) is 25.4. The van der Waals surface area contributed by atoms with Crippen LogP contribution in [0.2, 0.25) is 0 Å². The molecule has 0 spiro atoms. The van der Waals surface area contributed by atoms with Crippen LogP contribution in [0.25, 0.3) is 0 Å². The maximum absolute atomic E-state index is 12.3. The van der Waals surface area contributed by atoms with E-state index >= 15 is 0 Å². The minimum absolute atomic E-state index is 0.0915. The smallest absolute Gasteiger partial charge is 0.329 e. The fourth-order valence-corrected chi connectivity index (χ4v) is 3.66. The van der Waals surface area contributed by atoms with Crippen molar-refractivity contribution in [2.45, 2.75) is 36.5 Å². The predicted molar refractivity (Wildman–Crippen MR) is 69.4 cm³/mol. The first-order valence-electron chi connectivity index (χ1n) is 6.39. The Morgan fingerprint density at radius 2 is 2.32 bits per heavy atom. The molecule has 1 unspecified atom stereocenters. The van der Waals surface area contributed by atoms with Crippen molar-refractivity contribution in [1.82, 2.24) is 9.55 Å². The summed E-state index contributed by atoms with van der Waals surface area (Å²) in [7, 11) is -1.96. The van der Waals surface area contributed by atoms with Gasteiger partial charge in [-0.15, -0.1) is 0 Å². The molecule has 7 nitrogen and oxygen atoms in total. The molecule has 8 heteroatoms. The zero-order valence-corrected chi connectivity index (χ0v) is 11.1. The molecule has 2 heterocycles. The van der Waals surface area contributed by atoms with Crippen molar-refractivity contribution in [3.63, 3.8) is 0 Å². The average Bonchev–Trinajstić information content (AvgIpc) is 2.64. The number of hydrogen-bond donors (Lipinski definition) is 3. The van der Waals surface area contributed by atoms with E-state index in [2.05, 4.69) is 4.98 Å². The maximum atomic E-state index is 12.3. The Morgan fingerprint density at radius 3 is 2.84 bits per heavy atom. The van der Waals surface area contributed by atoms with E-state index in [4.69, 9.17) is 6.48 Å². The first-order chi connectivity index (χ1) is 9.35. The Hall–Kier alpha value is -1.25. The standard InChI is InChI=1S/C11H16N2O5S/c1-2-6-4-13(11(17)12-10(6)16)9-3-7(15)8(5-14)19(9)18/h4,7-9,14-15H,2-3,5H2,1H3,(H,12,16,17)/t7-,8+,9+,19?/m0/s1/i8D. The van der Waals surface area contributed by atoms with E-state index in [1.807, 2.05) is 0 Å². The molecule has 0 saturated carbocycles. The topological polar surface area (TPSA) is 112 Å². The summed E-state index contributed by atoms with van der Waals surface area (Å²) in [6, 6.07) is 0. The highest BCUT2D eigenvalue weighted by molar-refractivity contribution is 7.86. The summed E-state index contributed by atoms with van der Waals surface area (Å²) >= 11 is 0. The summed E-state index contributed by atoms with van der Waals surface area (Å²) in [5.74, 6) is 0. The van der Waals surface area contributed by atoms with E-state index in [9.17, 15) is 18.9 Å². The van der Waals surface area contributed by atoms with E-state index in [0.29, 0.717) is 12.0 Å². The van der Waals surface area contributed by atoms with Crippen LogP contribution >= 0.6 is 0 Å². The molecule has 0 aromatic carbocycles. The van der Waals surface area contributed by atoms with Crippen LogP contribution in [0.15, 0.2) is 15.8 Å². The summed E-state index contributed by atoms with van der Waals surface area (Å²) in [5, 5.41) is 16.1. The van der Waals surface area contributed by atoms with Gasteiger partial charge in [-0.05, 0) is 6.42 Å². The van der Waals surface area contributed by atoms with E-state index < -0.39 is 45.4 Å². The van der Waals surface area contributed by atoms with Gasteiger partial charge in [-0.3, -0.25) is 18.6 Å². The quantitative estimate of drug-likeness (QED) is 0.625. The first-order valence-corrected chi connectivity index (χ1v) is 7.10. The highest BCUT2D eigenvalue weighted by atomic mass is 32.2. The van der Waals surface area contributed by atoms with Gasteiger partial charge in [0.1, 0.15) is 5.37 Å². The molecule has 1 saturated heterocycles. The van der Waals surface area contributed by atoms with Gasteiger partial charge in [-0.2, -0.15) is 0 Å². The van der Waals surface area contributed by atoms with Crippen LogP contribution in [0.3, 0.4) is 0 Å². The van der Waals surface area contributed by atoms with Gasteiger partial charge in [-0.1, -0.05) is 6.92 Å². The Balaban J connectivity index is 2.51. The van der Waals surface area contributed by atoms with Crippen molar-refractivity contribution < 1.29 is 15.8 Å². The minimum atomic E-state index is -1.96. The lowest BCUT2D eigenvalue weighted by Crippen LogP contribution is -2.35. The third-order valence-corrected chi connectivity index (χ3v) is 5.02. The summed E-state index contributed by atoms with van der Waals surface area (Å²) < 4.78 is 21.2. The molecule has 1 aliphatic heterocycles. The number of aliphatic hydroxyl groups excluding tert-OH is 2. The molecular formula is C11H16N2O5S. The first kappa shape index (κ1) is 12.8. The van der Waals surface area contributed by atoms with E-state index in [1.54, 1.807) is 6.92 Å². The number of aromatic nitrogens is 2. The fraction of sp³-hybridized carbons (Fsp3) is 0.636. The van der Waals surface area contributed by atoms with Gasteiger partial charge in [0.25, 0.3) is 5.56 Å². The molecule has 4 atom stereocenters. The molecule has 106 valence electrons. The van der Waals surface area contributed by atoms with Gasteiger partial charge in [0.2, 0.25) is 0 Å². The van der Waals surface area contributed by atoms with Gasteiger partial charge in [0.15, 0.2) is 0 Å². The van der Waals surface area contributed by atoms with Crippen LogP contribution in [-0.2, 0) is 17.2 Å². The summed E-state index contributed by atoms with van der Waals surface area (Å²) in [6.45, 7) is 0.971. The van der Waals surface area contributed by atoms with Crippen molar-refractivity contribution in [2.24, 2.45) is 0 Å². The van der Waals surface area contributed by atoms with Crippen LogP contribution < -0.4 is 11.2 Å². The van der Waals surface area contributed by atoms with E-state index in [-0.39, 0.29) is 6.42 Å². The predicted octanol–water partition coefficient (Wildman–Crippen LogP) is -1.53. The second-order valence-corrected chi connectivity index (χ2v) is 5.97. The molecular weight excluding hydrogens is 272 g/mol. The van der Waals surface area contributed by atoms with Crippen molar-refractivity contribution in [3.05, 3.63) is 32.6 Å². The number of aliphatic hydroxyl groups is 2. The lowest BCUT2D eigenvalue weighted by molar-refractivity contribution is 0.137. The van der Waals surface area contributed by atoms with Crippen molar-refractivity contribution in [3.8, 4) is 0 Å². The number of H-pyrrole nitrogens is 1. The zero-order valence-electron chi connectivity index (χ0n) is 11.3. The fourth-order valence-electron chi connectivity index (χ4n) is 2.10.